The lowest BCUT2D eigenvalue weighted by molar-refractivity contribution is 0.0148. The number of hydrogen-bond acceptors (Lipinski definition) is 3. The van der Waals surface area contributed by atoms with Crippen molar-refractivity contribution in [1.82, 2.24) is 9.55 Å². The predicted octanol–water partition coefficient (Wildman–Crippen LogP) is 3.63. The zero-order chi connectivity index (χ0) is 15.4. The van der Waals surface area contributed by atoms with Gasteiger partial charge in [0, 0.05) is 6.54 Å². The second-order valence-electron chi connectivity index (χ2n) is 4.53. The van der Waals surface area contributed by atoms with Gasteiger partial charge in [-0.25, -0.2) is 13.8 Å². The molecule has 0 spiro atoms. The number of benzene rings is 1. The van der Waals surface area contributed by atoms with Gasteiger partial charge in [-0.3, -0.25) is 0 Å². The van der Waals surface area contributed by atoms with Gasteiger partial charge in [-0.05, 0) is 19.1 Å². The third kappa shape index (κ3) is 3.63. The maximum atomic E-state index is 12.1. The first kappa shape index (κ1) is 16.0. The van der Waals surface area contributed by atoms with E-state index in [2.05, 4.69) is 4.98 Å². The lowest BCUT2D eigenvalue weighted by atomic mass is 10.3. The summed E-state index contributed by atoms with van der Waals surface area (Å²) in [6.45, 7) is 1.82. The predicted molar refractivity (Wildman–Crippen MR) is 77.4 cm³/mol. The monoisotopic (exact) mass is 318 g/mol. The number of aromatic nitrogens is 2. The summed E-state index contributed by atoms with van der Waals surface area (Å²) in [6.07, 6.45) is -2.46. The second kappa shape index (κ2) is 7.04. The molecule has 21 heavy (non-hydrogen) atoms. The van der Waals surface area contributed by atoms with Gasteiger partial charge in [0.2, 0.25) is 0 Å². The molecule has 0 aliphatic carbocycles. The van der Waals surface area contributed by atoms with Crippen molar-refractivity contribution < 1.29 is 18.3 Å². The van der Waals surface area contributed by atoms with Crippen LogP contribution >= 0.6 is 11.6 Å². The molecular weight excluding hydrogens is 302 g/mol. The molecule has 116 valence electrons. The molecule has 1 unspecified atom stereocenters. The van der Waals surface area contributed by atoms with Crippen molar-refractivity contribution in [3.05, 3.63) is 24.0 Å². The summed E-state index contributed by atoms with van der Waals surface area (Å²) in [7, 11) is 1.57. The standard InChI is InChI=1S/C14H17ClF2N2O2/c1-9(15)14-18-13-10(4-3-5-11(13)20-2)19(14)6-7-21-8-12(16)17/h3-5,9,12H,6-8H2,1-2H3. The Hall–Kier alpha value is -1.40. The number of alkyl halides is 3. The van der Waals surface area contributed by atoms with E-state index in [9.17, 15) is 8.78 Å². The van der Waals surface area contributed by atoms with Crippen LogP contribution in [-0.2, 0) is 11.3 Å². The number of imidazole rings is 1. The molecule has 0 N–H and O–H groups in total. The van der Waals surface area contributed by atoms with E-state index >= 15 is 0 Å². The van der Waals surface area contributed by atoms with Gasteiger partial charge >= 0.3 is 0 Å². The van der Waals surface area contributed by atoms with Crippen molar-refractivity contribution in [2.75, 3.05) is 20.3 Å². The smallest absolute Gasteiger partial charge is 0.261 e. The zero-order valence-corrected chi connectivity index (χ0v) is 12.6. The van der Waals surface area contributed by atoms with Gasteiger partial charge in [-0.15, -0.1) is 11.6 Å². The van der Waals surface area contributed by atoms with Crippen molar-refractivity contribution in [1.29, 1.82) is 0 Å². The minimum atomic E-state index is -2.46. The molecule has 2 aromatic rings. The number of para-hydroxylation sites is 1. The van der Waals surface area contributed by atoms with Crippen LogP contribution in [0, 0.1) is 0 Å². The highest BCUT2D eigenvalue weighted by Crippen LogP contribution is 2.29. The zero-order valence-electron chi connectivity index (χ0n) is 11.9. The molecule has 0 aliphatic heterocycles. The molecule has 0 amide bonds. The molecule has 1 aromatic carbocycles. The van der Waals surface area contributed by atoms with Gasteiger partial charge in [0.25, 0.3) is 6.43 Å². The molecule has 1 aromatic heterocycles. The summed E-state index contributed by atoms with van der Waals surface area (Å²) in [4.78, 5) is 4.50. The maximum absolute atomic E-state index is 12.1. The van der Waals surface area contributed by atoms with Crippen LogP contribution in [0.4, 0.5) is 8.78 Å². The van der Waals surface area contributed by atoms with Crippen molar-refractivity contribution in [3.63, 3.8) is 0 Å². The first-order valence-electron chi connectivity index (χ1n) is 6.57. The van der Waals surface area contributed by atoms with Gasteiger partial charge < -0.3 is 14.0 Å². The van der Waals surface area contributed by atoms with Gasteiger partial charge in [0.1, 0.15) is 23.7 Å². The van der Waals surface area contributed by atoms with Crippen LogP contribution in [0.5, 0.6) is 5.75 Å². The molecule has 1 heterocycles. The van der Waals surface area contributed by atoms with E-state index in [-0.39, 0.29) is 12.0 Å². The molecule has 0 bridgehead atoms. The highest BCUT2D eigenvalue weighted by molar-refractivity contribution is 6.20. The fraction of sp³-hybridized carbons (Fsp3) is 0.500. The highest BCUT2D eigenvalue weighted by atomic mass is 35.5. The minimum Gasteiger partial charge on any atom is -0.494 e. The molecule has 0 radical (unpaired) electrons. The SMILES string of the molecule is COc1cccc2c1nc(C(C)Cl)n2CCOCC(F)F. The number of hydrogen-bond donors (Lipinski definition) is 0. The van der Waals surface area contributed by atoms with Crippen LogP contribution < -0.4 is 4.74 Å². The Morgan fingerprint density at radius 2 is 2.14 bits per heavy atom. The maximum Gasteiger partial charge on any atom is 0.261 e. The van der Waals surface area contributed by atoms with Crippen molar-refractivity contribution in [3.8, 4) is 5.75 Å². The number of ether oxygens (including phenoxy) is 2. The molecule has 0 saturated carbocycles. The van der Waals surface area contributed by atoms with E-state index in [0.29, 0.717) is 23.6 Å². The Morgan fingerprint density at radius 3 is 2.76 bits per heavy atom. The third-order valence-corrected chi connectivity index (χ3v) is 3.25. The minimum absolute atomic E-state index is 0.170. The summed E-state index contributed by atoms with van der Waals surface area (Å²) in [5.41, 5.74) is 1.55. The van der Waals surface area contributed by atoms with E-state index < -0.39 is 13.0 Å². The first-order valence-corrected chi connectivity index (χ1v) is 7.01. The topological polar surface area (TPSA) is 36.3 Å². The molecule has 1 atom stereocenters. The van der Waals surface area contributed by atoms with Crippen molar-refractivity contribution in [2.24, 2.45) is 0 Å². The largest absolute Gasteiger partial charge is 0.494 e. The third-order valence-electron chi connectivity index (χ3n) is 3.05. The quantitative estimate of drug-likeness (QED) is 0.578. The Morgan fingerprint density at radius 1 is 1.38 bits per heavy atom. The van der Waals surface area contributed by atoms with E-state index in [1.807, 2.05) is 29.7 Å². The first-order chi connectivity index (χ1) is 10.0. The second-order valence-corrected chi connectivity index (χ2v) is 5.19. The van der Waals surface area contributed by atoms with E-state index in [4.69, 9.17) is 21.1 Å². The highest BCUT2D eigenvalue weighted by Gasteiger charge is 2.17. The molecule has 2 rings (SSSR count). The number of methoxy groups -OCH3 is 1. The average molecular weight is 319 g/mol. The molecule has 7 heteroatoms. The van der Waals surface area contributed by atoms with Gasteiger partial charge in [-0.1, -0.05) is 6.07 Å². The van der Waals surface area contributed by atoms with Crippen LogP contribution in [-0.4, -0.2) is 36.3 Å². The van der Waals surface area contributed by atoms with E-state index in [1.165, 1.54) is 0 Å². The van der Waals surface area contributed by atoms with Gasteiger partial charge in [0.05, 0.1) is 24.6 Å². The summed E-state index contributed by atoms with van der Waals surface area (Å²) < 4.78 is 36.3. The lowest BCUT2D eigenvalue weighted by Crippen LogP contribution is -2.12. The fourth-order valence-electron chi connectivity index (χ4n) is 2.17. The number of fused-ring (bicyclic) bond motifs is 1. The summed E-state index contributed by atoms with van der Waals surface area (Å²) in [6, 6.07) is 5.55. The summed E-state index contributed by atoms with van der Waals surface area (Å²) in [5, 5.41) is -0.308. The van der Waals surface area contributed by atoms with Crippen LogP contribution in [0.1, 0.15) is 18.1 Å². The van der Waals surface area contributed by atoms with Crippen LogP contribution in [0.15, 0.2) is 18.2 Å². The van der Waals surface area contributed by atoms with Gasteiger partial charge in [-0.2, -0.15) is 0 Å². The molecule has 0 fully saturated rings. The molecular formula is C14H17ClF2N2O2. The normalized spacial score (nSPS) is 13.0. The fourth-order valence-corrected chi connectivity index (χ4v) is 2.34. The summed E-state index contributed by atoms with van der Waals surface area (Å²) >= 11 is 6.15. The van der Waals surface area contributed by atoms with Crippen LogP contribution in [0.3, 0.4) is 0 Å². The van der Waals surface area contributed by atoms with E-state index in [0.717, 1.165) is 5.52 Å². The van der Waals surface area contributed by atoms with Crippen LogP contribution in [0.25, 0.3) is 11.0 Å². The molecule has 4 nitrogen and oxygen atoms in total. The van der Waals surface area contributed by atoms with E-state index in [1.54, 1.807) is 7.11 Å². The van der Waals surface area contributed by atoms with Crippen molar-refractivity contribution in [2.45, 2.75) is 25.3 Å². The Labute approximate surface area is 126 Å². The van der Waals surface area contributed by atoms with Crippen LogP contribution in [0.2, 0.25) is 0 Å². The van der Waals surface area contributed by atoms with Crippen molar-refractivity contribution >= 4 is 22.6 Å². The average Bonchev–Trinajstić information content (AvgIpc) is 2.82. The Balaban J connectivity index is 2.29. The van der Waals surface area contributed by atoms with Gasteiger partial charge in [0.15, 0.2) is 0 Å². The Kier molecular flexibility index (Phi) is 5.36. The Bertz CT molecular complexity index is 602. The number of rotatable bonds is 7. The number of halogens is 3. The molecule has 0 saturated heterocycles. The molecule has 0 aliphatic rings. The summed E-state index contributed by atoms with van der Waals surface area (Å²) in [5.74, 6) is 1.31. The lowest BCUT2D eigenvalue weighted by Gasteiger charge is -2.11. The number of nitrogens with zero attached hydrogens (tertiary/aromatic N) is 2.